The average molecular weight is 334 g/mol. The molecule has 0 aliphatic heterocycles. The van der Waals surface area contributed by atoms with E-state index in [9.17, 15) is 4.57 Å². The number of hydrogen-bond donors (Lipinski definition) is 0. The molecule has 0 aliphatic carbocycles. The third-order valence-electron chi connectivity index (χ3n) is 3.57. The second-order valence-corrected chi connectivity index (χ2v) is 7.47. The van der Waals surface area contributed by atoms with Crippen LogP contribution in [0, 0.1) is 0 Å². The van der Waals surface area contributed by atoms with Gasteiger partial charge in [-0.15, -0.1) is 0 Å². The number of unbranched alkanes of at least 4 members (excludes halogenated alkanes) is 1. The van der Waals surface area contributed by atoms with Crippen LogP contribution >= 0.6 is 7.37 Å². The lowest BCUT2D eigenvalue weighted by molar-refractivity contribution is 0.317. The van der Waals surface area contributed by atoms with E-state index in [1.807, 2.05) is 30.3 Å². The summed E-state index contributed by atoms with van der Waals surface area (Å²) in [5.41, 5.74) is 0. The minimum atomic E-state index is -3.22. The highest BCUT2D eigenvalue weighted by molar-refractivity contribution is 7.74. The van der Waals surface area contributed by atoms with Crippen LogP contribution in [0.1, 0.15) is 19.8 Å². The minimum absolute atomic E-state index is 0.442. The van der Waals surface area contributed by atoms with Crippen LogP contribution in [-0.4, -0.2) is 20.8 Å². The van der Waals surface area contributed by atoms with Gasteiger partial charge in [0.25, 0.3) is 7.37 Å². The third kappa shape index (κ3) is 3.95. The zero-order chi connectivity index (χ0) is 16.7. The van der Waals surface area contributed by atoms with Crippen LogP contribution < -0.4 is 20.1 Å². The molecule has 0 heterocycles. The predicted molar refractivity (Wildman–Crippen MR) is 93.7 cm³/mol. The summed E-state index contributed by atoms with van der Waals surface area (Å²) >= 11 is 0. The molecule has 0 fully saturated rings. The number of hydrogen-bond acceptors (Lipinski definition) is 4. The molecule has 2 aromatic rings. The van der Waals surface area contributed by atoms with Crippen LogP contribution in [-0.2, 0) is 9.09 Å². The largest absolute Gasteiger partial charge is 0.497 e. The quantitative estimate of drug-likeness (QED) is 0.545. The van der Waals surface area contributed by atoms with Gasteiger partial charge in [0, 0.05) is 11.4 Å². The first kappa shape index (κ1) is 17.6. The van der Waals surface area contributed by atoms with Gasteiger partial charge in [0.15, 0.2) is 0 Å². The first-order valence-corrected chi connectivity index (χ1v) is 9.31. The van der Waals surface area contributed by atoms with Crippen LogP contribution in [0.15, 0.2) is 48.5 Å². The fraction of sp³-hybridized carbons (Fsp3) is 0.333. The van der Waals surface area contributed by atoms with Crippen molar-refractivity contribution >= 4 is 18.0 Å². The number of benzene rings is 2. The van der Waals surface area contributed by atoms with Crippen molar-refractivity contribution in [2.75, 3.05) is 20.8 Å². The predicted octanol–water partition coefficient (Wildman–Crippen LogP) is 3.75. The maximum Gasteiger partial charge on any atom is 0.264 e. The van der Waals surface area contributed by atoms with Crippen molar-refractivity contribution in [1.29, 1.82) is 0 Å². The molecule has 0 radical (unpaired) electrons. The zero-order valence-corrected chi connectivity index (χ0v) is 14.7. The summed E-state index contributed by atoms with van der Waals surface area (Å²) < 4.78 is 30.3. The van der Waals surface area contributed by atoms with E-state index in [0.29, 0.717) is 28.7 Å². The topological polar surface area (TPSA) is 44.8 Å². The number of ether oxygens (including phenoxy) is 2. The lowest BCUT2D eigenvalue weighted by Gasteiger charge is -2.21. The Hall–Kier alpha value is -1.77. The smallest absolute Gasteiger partial charge is 0.264 e. The summed E-state index contributed by atoms with van der Waals surface area (Å²) in [6.45, 7) is 2.52. The van der Waals surface area contributed by atoms with Crippen LogP contribution in [0.2, 0.25) is 0 Å². The maximum absolute atomic E-state index is 13.7. The molecule has 0 spiro atoms. The second-order valence-electron chi connectivity index (χ2n) is 5.11. The van der Waals surface area contributed by atoms with E-state index in [1.165, 1.54) is 0 Å². The summed E-state index contributed by atoms with van der Waals surface area (Å²) in [6, 6.07) is 14.5. The molecule has 124 valence electrons. The summed E-state index contributed by atoms with van der Waals surface area (Å²) in [4.78, 5) is 0. The molecule has 0 N–H and O–H groups in total. The molecule has 4 nitrogen and oxygen atoms in total. The van der Waals surface area contributed by atoms with E-state index in [2.05, 4.69) is 6.92 Å². The molecule has 0 saturated heterocycles. The summed E-state index contributed by atoms with van der Waals surface area (Å²) in [7, 11) is -0.0773. The van der Waals surface area contributed by atoms with Crippen LogP contribution in [0.5, 0.6) is 11.5 Å². The van der Waals surface area contributed by atoms with Gasteiger partial charge in [-0.25, -0.2) is 0 Å². The Balaban J connectivity index is 2.51. The van der Waals surface area contributed by atoms with E-state index in [1.54, 1.807) is 32.4 Å². The molecule has 0 amide bonds. The standard InChI is InChI=1S/C18H23O4P/c1-4-5-13-22-23(19,16-9-7-6-8-10-16)18-12-11-15(20-2)14-17(18)21-3/h6-12,14H,4-5,13H2,1-3H3. The Bertz CT molecular complexity index is 670. The van der Waals surface area contributed by atoms with Crippen LogP contribution in [0.4, 0.5) is 0 Å². The van der Waals surface area contributed by atoms with Gasteiger partial charge < -0.3 is 14.0 Å². The van der Waals surface area contributed by atoms with E-state index < -0.39 is 7.37 Å². The van der Waals surface area contributed by atoms with E-state index in [-0.39, 0.29) is 0 Å². The maximum atomic E-state index is 13.7. The van der Waals surface area contributed by atoms with Gasteiger partial charge in [-0.2, -0.15) is 0 Å². The molecule has 2 aromatic carbocycles. The van der Waals surface area contributed by atoms with Crippen molar-refractivity contribution in [3.05, 3.63) is 48.5 Å². The van der Waals surface area contributed by atoms with Crippen molar-refractivity contribution in [2.45, 2.75) is 19.8 Å². The van der Waals surface area contributed by atoms with Gasteiger partial charge in [0.1, 0.15) is 11.5 Å². The second kappa shape index (κ2) is 8.19. The third-order valence-corrected chi connectivity index (χ3v) is 6.10. The molecule has 0 bridgehead atoms. The molecule has 0 aliphatic rings. The molecule has 1 atom stereocenters. The Labute approximate surface area is 137 Å². The molecule has 1 unspecified atom stereocenters. The molecular formula is C18H23O4P. The molecule has 0 saturated carbocycles. The first-order chi connectivity index (χ1) is 11.2. The monoisotopic (exact) mass is 334 g/mol. The number of methoxy groups -OCH3 is 2. The van der Waals surface area contributed by atoms with Crippen molar-refractivity contribution in [3.8, 4) is 11.5 Å². The summed E-state index contributed by atoms with van der Waals surface area (Å²) in [5, 5.41) is 1.22. The van der Waals surface area contributed by atoms with Crippen molar-refractivity contribution in [1.82, 2.24) is 0 Å². The van der Waals surface area contributed by atoms with Crippen molar-refractivity contribution < 1.29 is 18.6 Å². The van der Waals surface area contributed by atoms with Crippen molar-refractivity contribution in [2.24, 2.45) is 0 Å². The Morgan fingerprint density at radius 1 is 1.00 bits per heavy atom. The highest BCUT2D eigenvalue weighted by Crippen LogP contribution is 2.47. The van der Waals surface area contributed by atoms with Gasteiger partial charge in [-0.1, -0.05) is 31.5 Å². The Kier molecular flexibility index (Phi) is 6.26. The molecule has 0 aromatic heterocycles. The number of rotatable bonds is 8. The van der Waals surface area contributed by atoms with E-state index >= 15 is 0 Å². The van der Waals surface area contributed by atoms with Gasteiger partial charge in [0.05, 0.1) is 26.1 Å². The lowest BCUT2D eigenvalue weighted by atomic mass is 10.3. The summed E-state index contributed by atoms with van der Waals surface area (Å²) in [5.74, 6) is 1.16. The van der Waals surface area contributed by atoms with Crippen molar-refractivity contribution in [3.63, 3.8) is 0 Å². The average Bonchev–Trinajstić information content (AvgIpc) is 2.62. The zero-order valence-electron chi connectivity index (χ0n) is 13.8. The van der Waals surface area contributed by atoms with Gasteiger partial charge in [-0.3, -0.25) is 4.57 Å². The Morgan fingerprint density at radius 2 is 1.74 bits per heavy atom. The fourth-order valence-electron chi connectivity index (χ4n) is 2.27. The normalized spacial score (nSPS) is 13.3. The highest BCUT2D eigenvalue weighted by Gasteiger charge is 2.32. The van der Waals surface area contributed by atoms with Gasteiger partial charge >= 0.3 is 0 Å². The lowest BCUT2D eigenvalue weighted by Crippen LogP contribution is -2.20. The molecular weight excluding hydrogens is 311 g/mol. The van der Waals surface area contributed by atoms with Gasteiger partial charge in [-0.05, 0) is 30.7 Å². The Morgan fingerprint density at radius 3 is 2.35 bits per heavy atom. The molecule has 5 heteroatoms. The van der Waals surface area contributed by atoms with Gasteiger partial charge in [0.2, 0.25) is 0 Å². The van der Waals surface area contributed by atoms with Crippen LogP contribution in [0.3, 0.4) is 0 Å². The molecule has 2 rings (SSSR count). The SMILES string of the molecule is CCCCOP(=O)(c1ccccc1)c1ccc(OC)cc1OC. The van der Waals surface area contributed by atoms with E-state index in [0.717, 1.165) is 12.8 Å². The first-order valence-electron chi connectivity index (χ1n) is 7.68. The fourth-order valence-corrected chi connectivity index (χ4v) is 4.51. The van der Waals surface area contributed by atoms with Crippen LogP contribution in [0.25, 0.3) is 0 Å². The highest BCUT2D eigenvalue weighted by atomic mass is 31.2. The molecule has 23 heavy (non-hydrogen) atoms. The summed E-state index contributed by atoms with van der Waals surface area (Å²) in [6.07, 6.45) is 1.84. The minimum Gasteiger partial charge on any atom is -0.497 e. The van der Waals surface area contributed by atoms with E-state index in [4.69, 9.17) is 14.0 Å².